The van der Waals surface area contributed by atoms with Crippen molar-refractivity contribution in [2.75, 3.05) is 25.2 Å². The van der Waals surface area contributed by atoms with E-state index >= 15 is 0 Å². The highest BCUT2D eigenvalue weighted by Gasteiger charge is 2.35. The lowest BCUT2D eigenvalue weighted by atomic mass is 9.92. The molecule has 0 unspecified atom stereocenters. The smallest absolute Gasteiger partial charge is 0.305 e. The lowest BCUT2D eigenvalue weighted by Gasteiger charge is -2.27. The van der Waals surface area contributed by atoms with Gasteiger partial charge in [-0.3, -0.25) is 52.9 Å². The van der Waals surface area contributed by atoms with Crippen LogP contribution in [0.2, 0.25) is 0 Å². The number of ketones is 1. The van der Waals surface area contributed by atoms with Crippen LogP contribution in [0.3, 0.4) is 0 Å². The van der Waals surface area contributed by atoms with E-state index in [0.29, 0.717) is 0 Å². The lowest BCUT2D eigenvalue weighted by Crippen LogP contribution is -2.60. The number of hydrogen-bond donors (Lipinski definition) is 12. The summed E-state index contributed by atoms with van der Waals surface area (Å²) in [5.74, 6) is -9.64. The maximum absolute atomic E-state index is 13.8. The van der Waals surface area contributed by atoms with Gasteiger partial charge in [0, 0.05) is 25.3 Å². The Balaban J connectivity index is 3.33. The first kappa shape index (κ1) is 61.7. The summed E-state index contributed by atoms with van der Waals surface area (Å²) in [6.45, 7) is 9.27. The topological polar surface area (TPSA) is 386 Å². The fraction of sp³-hybridized carbons (Fsp3) is 0.630. The normalized spacial score (nSPS) is 14.5. The second-order valence-corrected chi connectivity index (χ2v) is 18.7. The van der Waals surface area contributed by atoms with E-state index in [0.717, 1.165) is 5.56 Å². The van der Waals surface area contributed by atoms with Gasteiger partial charge in [0.05, 0.1) is 13.0 Å². The summed E-state index contributed by atoms with van der Waals surface area (Å²) >= 11 is 1.29. The van der Waals surface area contributed by atoms with Crippen molar-refractivity contribution in [3.8, 4) is 0 Å². The zero-order valence-electron chi connectivity index (χ0n) is 41.2. The molecule has 15 N–H and O–H groups in total. The highest BCUT2D eigenvalue weighted by Crippen LogP contribution is 2.16. The number of carboxylic acid groups (broad SMARTS) is 1. The molecule has 0 saturated heterocycles. The van der Waals surface area contributed by atoms with Gasteiger partial charge in [0.1, 0.15) is 48.1 Å². The minimum absolute atomic E-state index is 0.00497. The molecule has 0 aliphatic heterocycles. The van der Waals surface area contributed by atoms with Gasteiger partial charge in [0.25, 0.3) is 0 Å². The van der Waals surface area contributed by atoms with Gasteiger partial charge in [-0.05, 0) is 74.9 Å². The average Bonchev–Trinajstić information content (AvgIpc) is 3.28. The first-order valence-electron chi connectivity index (χ1n) is 23.3. The Hall–Kier alpha value is -6.30. The van der Waals surface area contributed by atoms with Crippen LogP contribution in [0.15, 0.2) is 35.3 Å². The SMILES string of the molecule is CCC(=O)C[C@@H](Cc1ccccc1)C(=O)N[C@@H](CCCN=C(N)N)C(=O)N[C@@H](CO)C(=O)N[C@@H](CCSC)C(=O)N[C@@H](CC(=O)O)C(=O)N[C@@H](CC(C)C)C(=O)N[C@@H](C)C(=O)N[C@@H](CC(C)C)C(N)=O. The van der Waals surface area contributed by atoms with E-state index in [-0.39, 0.29) is 87.2 Å². The summed E-state index contributed by atoms with van der Waals surface area (Å²) in [6, 6.07) is -0.804. The van der Waals surface area contributed by atoms with Crippen molar-refractivity contribution in [1.29, 1.82) is 0 Å². The number of aliphatic hydroxyl groups is 1. The van der Waals surface area contributed by atoms with E-state index in [2.05, 4.69) is 42.2 Å². The number of carbonyl (C=O) groups excluding carboxylic acids is 9. The van der Waals surface area contributed by atoms with Crippen molar-refractivity contribution in [2.24, 2.45) is 39.9 Å². The molecule has 1 aromatic carbocycles. The standard InChI is InChI=1S/C46H75N11O12S/c1-8-30(59)22-29(21-28-13-10-9-11-14-28)40(64)52-31(15-12-17-50-46(48)49)41(65)57-36(24-58)45(69)53-32(16-18-70-7)42(66)56-35(23-37(60)61)44(68)55-34(20-26(4)5)43(67)51-27(6)39(63)54-33(38(47)62)19-25(2)3/h9-11,13-14,25-27,29,31-36,58H,8,12,15-24H2,1-7H3,(H2,47,62)(H,51,67)(H,52,64)(H,53,69)(H,54,63)(H,55,68)(H,56,66)(H,57,65)(H,60,61)(H4,48,49,50)/t27-,29+,31-,32-,33-,34-,35-,36-/m0/s1. The Morgan fingerprint density at radius 1 is 0.614 bits per heavy atom. The van der Waals surface area contributed by atoms with Crippen LogP contribution >= 0.6 is 11.8 Å². The van der Waals surface area contributed by atoms with E-state index in [1.54, 1.807) is 57.4 Å². The Morgan fingerprint density at radius 3 is 1.63 bits per heavy atom. The van der Waals surface area contributed by atoms with Crippen molar-refractivity contribution >= 4 is 76.7 Å². The number of aliphatic carboxylic acids is 1. The number of primary amides is 1. The summed E-state index contributed by atoms with van der Waals surface area (Å²) in [7, 11) is 0. The van der Waals surface area contributed by atoms with Gasteiger partial charge in [-0.15, -0.1) is 0 Å². The summed E-state index contributed by atoms with van der Waals surface area (Å²) in [6.07, 6.45) is 1.36. The molecule has 1 aromatic rings. The van der Waals surface area contributed by atoms with E-state index in [1.165, 1.54) is 18.7 Å². The third-order valence-electron chi connectivity index (χ3n) is 10.7. The molecule has 392 valence electrons. The van der Waals surface area contributed by atoms with Gasteiger partial charge in [0.2, 0.25) is 47.3 Å². The summed E-state index contributed by atoms with van der Waals surface area (Å²) in [4.78, 5) is 136. The number of rotatable bonds is 34. The number of carbonyl (C=O) groups is 10. The molecule has 23 nitrogen and oxygen atoms in total. The van der Waals surface area contributed by atoms with E-state index in [4.69, 9.17) is 17.2 Å². The molecule has 0 heterocycles. The number of carboxylic acids is 1. The number of hydrogen-bond acceptors (Lipinski definition) is 13. The van der Waals surface area contributed by atoms with E-state index in [9.17, 15) is 58.2 Å². The molecule has 0 radical (unpaired) electrons. The third-order valence-corrected chi connectivity index (χ3v) is 11.3. The molecule has 0 aliphatic rings. The fourth-order valence-electron chi connectivity index (χ4n) is 6.91. The molecule has 0 saturated carbocycles. The van der Waals surface area contributed by atoms with Gasteiger partial charge in [-0.1, -0.05) is 65.0 Å². The Bertz CT molecular complexity index is 1950. The molecule has 0 bridgehead atoms. The predicted octanol–water partition coefficient (Wildman–Crippen LogP) is -1.52. The molecule has 0 aliphatic carbocycles. The number of benzene rings is 1. The number of aliphatic imine (C=N–C) groups is 1. The molecule has 1 rings (SSSR count). The third kappa shape index (κ3) is 24.3. The fourth-order valence-corrected chi connectivity index (χ4v) is 7.38. The second kappa shape index (κ2) is 32.5. The van der Waals surface area contributed by atoms with Crippen molar-refractivity contribution in [1.82, 2.24) is 37.2 Å². The molecule has 0 aromatic heterocycles. The number of guanidine groups is 1. The van der Waals surface area contributed by atoms with Gasteiger partial charge >= 0.3 is 5.97 Å². The van der Waals surface area contributed by atoms with Crippen LogP contribution in [-0.4, -0.2) is 143 Å². The number of aliphatic hydroxyl groups excluding tert-OH is 1. The van der Waals surface area contributed by atoms with Gasteiger partial charge in [0.15, 0.2) is 5.96 Å². The van der Waals surface area contributed by atoms with Gasteiger partial charge in [-0.2, -0.15) is 11.8 Å². The number of nitrogens with one attached hydrogen (secondary N) is 7. The van der Waals surface area contributed by atoms with Crippen molar-refractivity contribution in [3.05, 3.63) is 35.9 Å². The molecular weight excluding hydrogens is 931 g/mol. The highest BCUT2D eigenvalue weighted by molar-refractivity contribution is 7.98. The van der Waals surface area contributed by atoms with Crippen LogP contribution in [0.25, 0.3) is 0 Å². The maximum Gasteiger partial charge on any atom is 0.305 e. The zero-order valence-corrected chi connectivity index (χ0v) is 42.0. The van der Waals surface area contributed by atoms with Crippen LogP contribution in [0.1, 0.15) is 98.5 Å². The van der Waals surface area contributed by atoms with Crippen LogP contribution in [0, 0.1) is 17.8 Å². The maximum atomic E-state index is 13.8. The van der Waals surface area contributed by atoms with E-state index in [1.807, 2.05) is 13.8 Å². The van der Waals surface area contributed by atoms with Crippen LogP contribution in [0.5, 0.6) is 0 Å². The molecule has 70 heavy (non-hydrogen) atoms. The number of Topliss-reactive ketones (excluding diaryl/α,β-unsaturated/α-hetero) is 1. The first-order valence-corrected chi connectivity index (χ1v) is 24.7. The molecule has 0 fully saturated rings. The zero-order chi connectivity index (χ0) is 53.1. The van der Waals surface area contributed by atoms with E-state index < -0.39 is 114 Å². The second-order valence-electron chi connectivity index (χ2n) is 17.8. The molecular formula is C46H75N11O12S. The van der Waals surface area contributed by atoms with Crippen LogP contribution in [0.4, 0.5) is 0 Å². The van der Waals surface area contributed by atoms with Crippen molar-refractivity contribution in [3.63, 3.8) is 0 Å². The number of nitrogens with two attached hydrogens (primary N) is 3. The number of amides is 8. The van der Waals surface area contributed by atoms with Gasteiger partial charge in [-0.25, -0.2) is 0 Å². The summed E-state index contributed by atoms with van der Waals surface area (Å²) in [5, 5.41) is 37.4. The average molecular weight is 1010 g/mol. The largest absolute Gasteiger partial charge is 0.481 e. The molecule has 8 atom stereocenters. The van der Waals surface area contributed by atoms with Crippen molar-refractivity contribution < 1.29 is 58.2 Å². The number of nitrogens with zero attached hydrogens (tertiary/aromatic N) is 1. The van der Waals surface area contributed by atoms with Gasteiger partial charge < -0.3 is 64.6 Å². The van der Waals surface area contributed by atoms with Crippen LogP contribution in [-0.2, 0) is 54.4 Å². The monoisotopic (exact) mass is 1010 g/mol. The predicted molar refractivity (Wildman–Crippen MR) is 263 cm³/mol. The highest BCUT2D eigenvalue weighted by atomic mass is 32.2. The number of thioether (sulfide) groups is 1. The Kier molecular flexibility index (Phi) is 28.7. The quantitative estimate of drug-likeness (QED) is 0.0212. The van der Waals surface area contributed by atoms with Crippen LogP contribution < -0.4 is 54.4 Å². The summed E-state index contributed by atoms with van der Waals surface area (Å²) < 4.78 is 0. The lowest BCUT2D eigenvalue weighted by molar-refractivity contribution is -0.141. The first-order chi connectivity index (χ1) is 32.9. The Labute approximate surface area is 413 Å². The van der Waals surface area contributed by atoms with Crippen molar-refractivity contribution in [2.45, 2.75) is 142 Å². The molecule has 24 heteroatoms. The summed E-state index contributed by atoms with van der Waals surface area (Å²) in [5.41, 5.74) is 17.1. The minimum atomic E-state index is -1.79. The molecule has 0 spiro atoms. The molecule has 8 amide bonds. The minimum Gasteiger partial charge on any atom is -0.481 e. The Morgan fingerprint density at radius 2 is 1.10 bits per heavy atom.